The summed E-state index contributed by atoms with van der Waals surface area (Å²) in [6.45, 7) is 0.231. The second-order valence-electron chi connectivity index (χ2n) is 2.39. The number of fused-ring (bicyclic) bond motifs is 1. The molecule has 0 amide bonds. The summed E-state index contributed by atoms with van der Waals surface area (Å²) in [6, 6.07) is 5.03. The summed E-state index contributed by atoms with van der Waals surface area (Å²) in [5.74, 6) is 0.524. The lowest BCUT2D eigenvalue weighted by atomic mass is 10.2. The fraction of sp³-hybridized carbons (Fsp3) is 0.125. The first-order chi connectivity index (χ1) is 5.75. The van der Waals surface area contributed by atoms with Crippen molar-refractivity contribution in [1.82, 2.24) is 0 Å². The molecule has 1 aliphatic heterocycles. The summed E-state index contributed by atoms with van der Waals surface area (Å²) in [5.41, 5.74) is 0.794. The minimum atomic E-state index is -0.662. The predicted octanol–water partition coefficient (Wildman–Crippen LogP) is 2.37. The Bertz CT molecular complexity index is 335. The highest BCUT2D eigenvalue weighted by atomic mass is 35.5. The third kappa shape index (κ3) is 1.23. The first-order valence-electron chi connectivity index (χ1n) is 3.39. The Morgan fingerprint density at radius 1 is 1.42 bits per heavy atom. The van der Waals surface area contributed by atoms with Crippen molar-refractivity contribution in [2.75, 3.05) is 0 Å². The van der Waals surface area contributed by atoms with Crippen LogP contribution < -0.4 is 4.74 Å². The van der Waals surface area contributed by atoms with E-state index in [-0.39, 0.29) is 6.61 Å². The Morgan fingerprint density at radius 3 is 3.08 bits per heavy atom. The molecule has 4 heteroatoms. The summed E-state index contributed by atoms with van der Waals surface area (Å²) < 4.78 is 9.41. The van der Waals surface area contributed by atoms with E-state index in [0.29, 0.717) is 10.8 Å². The summed E-state index contributed by atoms with van der Waals surface area (Å²) >= 11 is 5.72. The molecule has 1 aliphatic rings. The van der Waals surface area contributed by atoms with E-state index in [4.69, 9.17) is 16.3 Å². The van der Waals surface area contributed by atoms with Gasteiger partial charge in [-0.2, -0.15) is 0 Å². The van der Waals surface area contributed by atoms with Crippen molar-refractivity contribution in [1.29, 1.82) is 0 Å². The molecular formula is C8H5ClO3. The molecule has 0 radical (unpaired) electrons. The first kappa shape index (κ1) is 7.43. The second kappa shape index (κ2) is 2.68. The monoisotopic (exact) mass is 184 g/mol. The lowest BCUT2D eigenvalue weighted by molar-refractivity contribution is 0.0785. The van der Waals surface area contributed by atoms with E-state index in [0.717, 1.165) is 5.56 Å². The average molecular weight is 185 g/mol. The van der Waals surface area contributed by atoms with Crippen molar-refractivity contribution in [2.24, 2.45) is 0 Å². The molecule has 0 fully saturated rings. The fourth-order valence-electron chi connectivity index (χ4n) is 1.02. The number of carbonyl (C=O) groups is 1. The Balaban J connectivity index is 2.43. The van der Waals surface area contributed by atoms with Crippen LogP contribution in [0.5, 0.6) is 5.75 Å². The largest absolute Gasteiger partial charge is 0.514 e. The highest BCUT2D eigenvalue weighted by Gasteiger charge is 2.17. The number of benzene rings is 1. The standard InChI is InChI=1S/C8H5ClO3/c9-6-1-2-7-5(3-6)4-11-8(10)12-7/h1-3H,4H2. The maximum Gasteiger partial charge on any atom is 0.514 e. The minimum absolute atomic E-state index is 0.231. The molecule has 0 aliphatic carbocycles. The fourth-order valence-corrected chi connectivity index (χ4v) is 1.21. The van der Waals surface area contributed by atoms with Gasteiger partial charge in [-0.25, -0.2) is 4.79 Å². The van der Waals surface area contributed by atoms with Crippen molar-refractivity contribution < 1.29 is 14.3 Å². The van der Waals surface area contributed by atoms with E-state index in [1.165, 1.54) is 0 Å². The molecule has 1 aromatic rings. The highest BCUT2D eigenvalue weighted by molar-refractivity contribution is 6.30. The first-order valence-corrected chi connectivity index (χ1v) is 3.76. The maximum absolute atomic E-state index is 10.6. The summed E-state index contributed by atoms with van der Waals surface area (Å²) in [6.07, 6.45) is -0.662. The molecule has 0 aromatic heterocycles. The number of cyclic esters (lactones) is 1. The average Bonchev–Trinajstić information content (AvgIpc) is 2.05. The Labute approximate surface area is 73.8 Å². The van der Waals surface area contributed by atoms with Gasteiger partial charge in [0.05, 0.1) is 0 Å². The van der Waals surface area contributed by atoms with Gasteiger partial charge in [-0.3, -0.25) is 0 Å². The third-order valence-electron chi connectivity index (χ3n) is 1.56. The van der Waals surface area contributed by atoms with Crippen LogP contribution in [-0.2, 0) is 11.3 Å². The number of hydrogen-bond donors (Lipinski definition) is 0. The molecule has 2 rings (SSSR count). The van der Waals surface area contributed by atoms with Gasteiger partial charge >= 0.3 is 6.16 Å². The number of ether oxygens (including phenoxy) is 2. The van der Waals surface area contributed by atoms with Crippen LogP contribution in [0.4, 0.5) is 4.79 Å². The Morgan fingerprint density at radius 2 is 2.25 bits per heavy atom. The molecule has 0 bridgehead atoms. The molecule has 0 saturated heterocycles. The van der Waals surface area contributed by atoms with Gasteiger partial charge in [-0.1, -0.05) is 11.6 Å². The molecule has 0 N–H and O–H groups in total. The molecule has 0 saturated carbocycles. The highest BCUT2D eigenvalue weighted by Crippen LogP contribution is 2.26. The number of halogens is 1. The molecular weight excluding hydrogens is 180 g/mol. The lowest BCUT2D eigenvalue weighted by Crippen LogP contribution is -2.16. The SMILES string of the molecule is O=C1OCc2cc(Cl)ccc2O1. The topological polar surface area (TPSA) is 35.5 Å². The van der Waals surface area contributed by atoms with Crippen molar-refractivity contribution in [3.05, 3.63) is 28.8 Å². The molecule has 0 spiro atoms. The Hall–Kier alpha value is -1.22. The summed E-state index contributed by atoms with van der Waals surface area (Å²) in [5, 5.41) is 0.607. The van der Waals surface area contributed by atoms with Crippen LogP contribution in [0, 0.1) is 0 Å². The second-order valence-corrected chi connectivity index (χ2v) is 2.83. The van der Waals surface area contributed by atoms with Gasteiger partial charge in [0.25, 0.3) is 0 Å². The third-order valence-corrected chi connectivity index (χ3v) is 1.80. The van der Waals surface area contributed by atoms with Crippen LogP contribution in [0.3, 0.4) is 0 Å². The zero-order valence-electron chi connectivity index (χ0n) is 6.04. The normalized spacial score (nSPS) is 14.6. The van der Waals surface area contributed by atoms with Crippen LogP contribution in [0.15, 0.2) is 18.2 Å². The van der Waals surface area contributed by atoms with Crippen molar-refractivity contribution in [3.63, 3.8) is 0 Å². The molecule has 12 heavy (non-hydrogen) atoms. The van der Waals surface area contributed by atoms with E-state index in [1.54, 1.807) is 18.2 Å². The smallest absolute Gasteiger partial charge is 0.429 e. The van der Waals surface area contributed by atoms with Crippen molar-refractivity contribution in [2.45, 2.75) is 6.61 Å². The molecule has 3 nitrogen and oxygen atoms in total. The zero-order valence-corrected chi connectivity index (χ0v) is 6.80. The summed E-state index contributed by atoms with van der Waals surface area (Å²) in [4.78, 5) is 10.6. The quantitative estimate of drug-likeness (QED) is 0.459. The van der Waals surface area contributed by atoms with Gasteiger partial charge in [0.2, 0.25) is 0 Å². The van der Waals surface area contributed by atoms with Crippen LogP contribution >= 0.6 is 11.6 Å². The maximum atomic E-state index is 10.6. The molecule has 1 aromatic carbocycles. The minimum Gasteiger partial charge on any atom is -0.429 e. The molecule has 0 atom stereocenters. The number of rotatable bonds is 0. The van der Waals surface area contributed by atoms with Gasteiger partial charge in [-0.05, 0) is 18.2 Å². The zero-order chi connectivity index (χ0) is 8.55. The lowest BCUT2D eigenvalue weighted by Gasteiger charge is -2.15. The van der Waals surface area contributed by atoms with Crippen LogP contribution in [-0.4, -0.2) is 6.16 Å². The Kier molecular flexibility index (Phi) is 1.66. The molecule has 0 unspecified atom stereocenters. The van der Waals surface area contributed by atoms with E-state index in [1.807, 2.05) is 0 Å². The van der Waals surface area contributed by atoms with E-state index < -0.39 is 6.16 Å². The van der Waals surface area contributed by atoms with Crippen LogP contribution in [0.25, 0.3) is 0 Å². The van der Waals surface area contributed by atoms with Crippen molar-refractivity contribution in [3.8, 4) is 5.75 Å². The van der Waals surface area contributed by atoms with E-state index in [9.17, 15) is 4.79 Å². The van der Waals surface area contributed by atoms with Crippen molar-refractivity contribution >= 4 is 17.8 Å². The van der Waals surface area contributed by atoms with E-state index in [2.05, 4.69) is 4.74 Å². The van der Waals surface area contributed by atoms with Crippen LogP contribution in [0.1, 0.15) is 5.56 Å². The van der Waals surface area contributed by atoms with Crippen LogP contribution in [0.2, 0.25) is 5.02 Å². The molecule has 1 heterocycles. The number of hydrogen-bond acceptors (Lipinski definition) is 3. The van der Waals surface area contributed by atoms with Gasteiger partial charge in [0.1, 0.15) is 12.4 Å². The molecule has 62 valence electrons. The summed E-state index contributed by atoms with van der Waals surface area (Å²) in [7, 11) is 0. The van der Waals surface area contributed by atoms with Gasteiger partial charge in [0, 0.05) is 10.6 Å². The van der Waals surface area contributed by atoms with Gasteiger partial charge in [0.15, 0.2) is 0 Å². The van der Waals surface area contributed by atoms with Gasteiger partial charge in [-0.15, -0.1) is 0 Å². The predicted molar refractivity (Wildman–Crippen MR) is 42.3 cm³/mol. The van der Waals surface area contributed by atoms with Gasteiger partial charge < -0.3 is 9.47 Å². The number of carbonyl (C=O) groups excluding carboxylic acids is 1. The van der Waals surface area contributed by atoms with E-state index >= 15 is 0 Å².